The number of aliphatic imine (C=N–C) groups is 1. The van der Waals surface area contributed by atoms with Gasteiger partial charge in [-0.2, -0.15) is 0 Å². The molecule has 1 aromatic carbocycles. The van der Waals surface area contributed by atoms with Gasteiger partial charge in [0.1, 0.15) is 0 Å². The summed E-state index contributed by atoms with van der Waals surface area (Å²) in [5.74, 6) is 1.18. The molecular weight excluding hydrogens is 374 g/mol. The molecule has 0 amide bonds. The first kappa shape index (κ1) is 20.7. The zero-order chi connectivity index (χ0) is 20.0. The summed E-state index contributed by atoms with van der Waals surface area (Å²) in [6.45, 7) is 3.73. The molecule has 7 nitrogen and oxygen atoms in total. The molecule has 0 bridgehead atoms. The number of hydrogen-bond acceptors (Lipinski definition) is 3. The van der Waals surface area contributed by atoms with E-state index >= 15 is 0 Å². The van der Waals surface area contributed by atoms with Gasteiger partial charge in [-0.25, -0.2) is 13.1 Å². The van der Waals surface area contributed by atoms with E-state index < -0.39 is 10.0 Å². The number of aromatic nitrogens is 1. The van der Waals surface area contributed by atoms with E-state index in [4.69, 9.17) is 0 Å². The lowest BCUT2D eigenvalue weighted by Crippen LogP contribution is -2.42. The minimum atomic E-state index is -3.24. The van der Waals surface area contributed by atoms with Gasteiger partial charge < -0.3 is 15.6 Å². The second-order valence-electron chi connectivity index (χ2n) is 7.45. The fourth-order valence-electron chi connectivity index (χ4n) is 3.50. The van der Waals surface area contributed by atoms with Gasteiger partial charge in [0.2, 0.25) is 10.0 Å². The van der Waals surface area contributed by atoms with E-state index in [1.165, 1.54) is 22.9 Å². The number of H-pyrrole nitrogens is 1. The molecule has 28 heavy (non-hydrogen) atoms. The lowest BCUT2D eigenvalue weighted by molar-refractivity contribution is 0.316. The van der Waals surface area contributed by atoms with Gasteiger partial charge in [0.15, 0.2) is 5.96 Å². The summed E-state index contributed by atoms with van der Waals surface area (Å²) in [6.07, 6.45) is 6.39. The molecule has 1 fully saturated rings. The fraction of sp³-hybridized carbons (Fsp3) is 0.550. The van der Waals surface area contributed by atoms with E-state index in [0.717, 1.165) is 24.8 Å². The Bertz CT molecular complexity index is 916. The number of hydrogen-bond donors (Lipinski definition) is 4. The van der Waals surface area contributed by atoms with Gasteiger partial charge in [0, 0.05) is 43.8 Å². The molecule has 3 rings (SSSR count). The standard InChI is InChI=1S/C20H31N5O2S/c1-15-5-3-8-18-19(15)17(14-24-18)9-10-22-20(21-2)23-11-12-28(26,27)25-13-16-6-4-7-16/h3,5,8,14,16,24-25H,4,6-7,9-13H2,1-2H3,(H2,21,22,23). The molecule has 1 heterocycles. The van der Waals surface area contributed by atoms with Gasteiger partial charge in [-0.15, -0.1) is 0 Å². The van der Waals surface area contributed by atoms with Gasteiger partial charge in [-0.3, -0.25) is 4.99 Å². The molecular formula is C20H31N5O2S. The van der Waals surface area contributed by atoms with Crippen LogP contribution in [0.25, 0.3) is 10.9 Å². The van der Waals surface area contributed by atoms with Crippen molar-refractivity contribution >= 4 is 26.9 Å². The normalized spacial score (nSPS) is 15.6. The minimum Gasteiger partial charge on any atom is -0.361 e. The van der Waals surface area contributed by atoms with E-state index in [9.17, 15) is 8.42 Å². The Morgan fingerprint density at radius 3 is 2.75 bits per heavy atom. The molecule has 0 aliphatic heterocycles. The Kier molecular flexibility index (Phi) is 6.96. The first-order chi connectivity index (χ1) is 13.5. The van der Waals surface area contributed by atoms with Crippen molar-refractivity contribution in [2.75, 3.05) is 32.4 Å². The summed E-state index contributed by atoms with van der Waals surface area (Å²) in [5.41, 5.74) is 3.67. The third-order valence-electron chi connectivity index (χ3n) is 5.39. The van der Waals surface area contributed by atoms with Crippen LogP contribution in [0.4, 0.5) is 0 Å². The molecule has 0 spiro atoms. The number of aromatic amines is 1. The summed E-state index contributed by atoms with van der Waals surface area (Å²) in [7, 11) is -1.55. The monoisotopic (exact) mass is 405 g/mol. The van der Waals surface area contributed by atoms with Crippen LogP contribution in [0.15, 0.2) is 29.4 Å². The van der Waals surface area contributed by atoms with Crippen molar-refractivity contribution in [3.8, 4) is 0 Å². The Morgan fingerprint density at radius 2 is 2.04 bits per heavy atom. The predicted octanol–water partition coefficient (Wildman–Crippen LogP) is 1.90. The van der Waals surface area contributed by atoms with E-state index in [2.05, 4.69) is 56.7 Å². The Balaban J connectivity index is 1.40. The molecule has 8 heteroatoms. The lowest BCUT2D eigenvalue weighted by atomic mass is 9.86. The SMILES string of the molecule is CN=C(NCCc1c[nH]c2cccc(C)c12)NCCS(=O)(=O)NCC1CCC1. The molecule has 154 valence electrons. The minimum absolute atomic E-state index is 0.0437. The molecule has 0 atom stereocenters. The summed E-state index contributed by atoms with van der Waals surface area (Å²) >= 11 is 0. The Labute approximate surface area is 167 Å². The van der Waals surface area contributed by atoms with Crippen LogP contribution in [-0.2, 0) is 16.4 Å². The number of nitrogens with zero attached hydrogens (tertiary/aromatic N) is 1. The Morgan fingerprint density at radius 1 is 1.25 bits per heavy atom. The van der Waals surface area contributed by atoms with Crippen LogP contribution in [0.5, 0.6) is 0 Å². The van der Waals surface area contributed by atoms with Gasteiger partial charge in [0.05, 0.1) is 5.75 Å². The molecule has 0 saturated heterocycles. The fourth-order valence-corrected chi connectivity index (χ4v) is 4.51. The number of sulfonamides is 1. The van der Waals surface area contributed by atoms with E-state index in [1.54, 1.807) is 7.05 Å². The van der Waals surface area contributed by atoms with Crippen LogP contribution in [0.1, 0.15) is 30.4 Å². The first-order valence-corrected chi connectivity index (χ1v) is 11.6. The third kappa shape index (κ3) is 5.48. The molecule has 0 unspecified atom stereocenters. The van der Waals surface area contributed by atoms with Gasteiger partial charge in [-0.1, -0.05) is 18.6 Å². The van der Waals surface area contributed by atoms with Crippen molar-refractivity contribution in [1.82, 2.24) is 20.3 Å². The van der Waals surface area contributed by atoms with Gasteiger partial charge >= 0.3 is 0 Å². The number of nitrogens with one attached hydrogen (secondary N) is 4. The van der Waals surface area contributed by atoms with Gasteiger partial charge in [-0.05, 0) is 49.3 Å². The maximum atomic E-state index is 12.1. The maximum Gasteiger partial charge on any atom is 0.213 e. The highest BCUT2D eigenvalue weighted by Gasteiger charge is 2.20. The van der Waals surface area contributed by atoms with Crippen molar-refractivity contribution in [3.05, 3.63) is 35.5 Å². The smallest absolute Gasteiger partial charge is 0.213 e. The average molecular weight is 406 g/mol. The second-order valence-corrected chi connectivity index (χ2v) is 9.38. The molecule has 1 aliphatic carbocycles. The molecule has 1 aliphatic rings. The van der Waals surface area contributed by atoms with Crippen molar-refractivity contribution in [1.29, 1.82) is 0 Å². The summed E-state index contributed by atoms with van der Waals surface area (Å²) < 4.78 is 26.8. The van der Waals surface area contributed by atoms with E-state index in [0.29, 0.717) is 31.5 Å². The number of aryl methyl sites for hydroxylation is 1. The Hall–Kier alpha value is -2.06. The van der Waals surface area contributed by atoms with Crippen LogP contribution in [-0.4, -0.2) is 51.8 Å². The molecule has 0 radical (unpaired) electrons. The van der Waals surface area contributed by atoms with Gasteiger partial charge in [0.25, 0.3) is 0 Å². The summed E-state index contributed by atoms with van der Waals surface area (Å²) in [4.78, 5) is 7.49. The highest BCUT2D eigenvalue weighted by Crippen LogP contribution is 2.25. The highest BCUT2D eigenvalue weighted by molar-refractivity contribution is 7.89. The van der Waals surface area contributed by atoms with E-state index in [1.807, 2.05) is 0 Å². The van der Waals surface area contributed by atoms with E-state index in [-0.39, 0.29) is 5.75 Å². The summed E-state index contributed by atoms with van der Waals surface area (Å²) in [6, 6.07) is 6.25. The first-order valence-electron chi connectivity index (χ1n) is 9.96. The lowest BCUT2D eigenvalue weighted by Gasteiger charge is -2.25. The number of fused-ring (bicyclic) bond motifs is 1. The van der Waals surface area contributed by atoms with Crippen molar-refractivity contribution in [2.45, 2.75) is 32.6 Å². The van der Waals surface area contributed by atoms with Crippen LogP contribution in [0, 0.1) is 12.8 Å². The van der Waals surface area contributed by atoms with Crippen LogP contribution >= 0.6 is 0 Å². The third-order valence-corrected chi connectivity index (χ3v) is 6.73. The van der Waals surface area contributed by atoms with Crippen LogP contribution in [0.2, 0.25) is 0 Å². The molecule has 1 saturated carbocycles. The second kappa shape index (κ2) is 9.43. The summed E-state index contributed by atoms with van der Waals surface area (Å²) in [5, 5.41) is 7.61. The van der Waals surface area contributed by atoms with Crippen molar-refractivity contribution in [3.63, 3.8) is 0 Å². The molecule has 4 N–H and O–H groups in total. The highest BCUT2D eigenvalue weighted by atomic mass is 32.2. The zero-order valence-electron chi connectivity index (χ0n) is 16.7. The average Bonchev–Trinajstić information content (AvgIpc) is 3.03. The number of benzene rings is 1. The molecule has 1 aromatic heterocycles. The van der Waals surface area contributed by atoms with Crippen molar-refractivity contribution in [2.24, 2.45) is 10.9 Å². The zero-order valence-corrected chi connectivity index (χ0v) is 17.5. The quantitative estimate of drug-likeness (QED) is 0.378. The topological polar surface area (TPSA) is 98.4 Å². The van der Waals surface area contributed by atoms with Crippen LogP contribution < -0.4 is 15.4 Å². The van der Waals surface area contributed by atoms with Crippen molar-refractivity contribution < 1.29 is 8.42 Å². The number of guanidine groups is 1. The number of rotatable bonds is 9. The predicted molar refractivity (Wildman–Crippen MR) is 115 cm³/mol. The maximum absolute atomic E-state index is 12.1. The molecule has 2 aromatic rings. The largest absolute Gasteiger partial charge is 0.361 e. The van der Waals surface area contributed by atoms with Crippen LogP contribution in [0.3, 0.4) is 0 Å².